The lowest BCUT2D eigenvalue weighted by Crippen LogP contribution is -2.06. The minimum Gasteiger partial charge on any atom is -0.377 e. The minimum atomic E-state index is -0.220. The third-order valence-corrected chi connectivity index (χ3v) is 4.14. The molecule has 1 heterocycles. The zero-order valence-corrected chi connectivity index (χ0v) is 13.1. The summed E-state index contributed by atoms with van der Waals surface area (Å²) in [6.45, 7) is 0.604. The van der Waals surface area contributed by atoms with Crippen LogP contribution in [0.5, 0.6) is 0 Å². The Labute approximate surface area is 130 Å². The van der Waals surface area contributed by atoms with E-state index in [-0.39, 0.29) is 5.82 Å². The van der Waals surface area contributed by atoms with Gasteiger partial charge in [0.1, 0.15) is 11.6 Å². The second-order valence-electron chi connectivity index (χ2n) is 4.55. The van der Waals surface area contributed by atoms with Crippen LogP contribution in [-0.4, -0.2) is 9.55 Å². The van der Waals surface area contributed by atoms with E-state index in [0.29, 0.717) is 6.54 Å². The van der Waals surface area contributed by atoms with Gasteiger partial charge in [-0.25, -0.2) is 9.37 Å². The number of halogens is 2. The summed E-state index contributed by atoms with van der Waals surface area (Å²) in [5.41, 5.74) is 3.01. The molecule has 0 saturated carbocycles. The zero-order valence-electron chi connectivity index (χ0n) is 10.9. The molecule has 3 rings (SSSR count). The average Bonchev–Trinajstić information content (AvgIpc) is 2.75. The van der Waals surface area contributed by atoms with Crippen LogP contribution in [0.25, 0.3) is 11.0 Å². The Morgan fingerprint density at radius 3 is 2.80 bits per heavy atom. The number of hydrogen-bond donors (Lipinski definition) is 1. The molecule has 0 atom stereocenters. The molecule has 0 spiro atoms. The van der Waals surface area contributed by atoms with Crippen molar-refractivity contribution in [3.8, 4) is 0 Å². The fraction of sp³-hybridized carbons (Fsp3) is 0.133. The molecule has 1 aromatic heterocycles. The number of aromatic nitrogens is 2. The molecule has 1 N–H and O–H groups in total. The third-order valence-electron chi connectivity index (χ3n) is 3.25. The number of para-hydroxylation sites is 2. The Balaban J connectivity index is 1.85. The van der Waals surface area contributed by atoms with E-state index in [4.69, 9.17) is 0 Å². The van der Waals surface area contributed by atoms with Crippen molar-refractivity contribution in [2.75, 3.05) is 5.32 Å². The highest BCUT2D eigenvalue weighted by atomic mass is 127. The molecule has 2 aromatic carbocycles. The van der Waals surface area contributed by atoms with Crippen molar-refractivity contribution in [2.45, 2.75) is 6.54 Å². The van der Waals surface area contributed by atoms with Crippen molar-refractivity contribution in [2.24, 2.45) is 7.05 Å². The SMILES string of the molecule is Cn1c(CNc2ccc(F)cc2I)nc2ccccc21. The quantitative estimate of drug-likeness (QED) is 0.697. The summed E-state index contributed by atoms with van der Waals surface area (Å²) in [5.74, 6) is 0.731. The van der Waals surface area contributed by atoms with E-state index in [1.807, 2.05) is 31.3 Å². The summed E-state index contributed by atoms with van der Waals surface area (Å²) in [7, 11) is 2.00. The van der Waals surface area contributed by atoms with Gasteiger partial charge in [-0.05, 0) is 52.9 Å². The van der Waals surface area contributed by atoms with Gasteiger partial charge in [-0.15, -0.1) is 0 Å². The Hall–Kier alpha value is -1.63. The Kier molecular flexibility index (Phi) is 3.60. The molecule has 0 radical (unpaired) electrons. The molecular formula is C15H13FIN3. The molecule has 0 amide bonds. The van der Waals surface area contributed by atoms with E-state index in [0.717, 1.165) is 26.1 Å². The number of fused-ring (bicyclic) bond motifs is 1. The standard InChI is InChI=1S/C15H13FIN3/c1-20-14-5-3-2-4-13(14)19-15(20)9-18-12-7-6-10(16)8-11(12)17/h2-8,18H,9H2,1H3. The first-order chi connectivity index (χ1) is 9.65. The predicted molar refractivity (Wildman–Crippen MR) is 87.2 cm³/mol. The number of nitrogens with zero attached hydrogens (tertiary/aromatic N) is 2. The van der Waals surface area contributed by atoms with E-state index in [2.05, 4.69) is 37.5 Å². The maximum Gasteiger partial charge on any atom is 0.128 e. The van der Waals surface area contributed by atoms with Gasteiger partial charge in [0.15, 0.2) is 0 Å². The second-order valence-corrected chi connectivity index (χ2v) is 5.72. The van der Waals surface area contributed by atoms with Crippen LogP contribution >= 0.6 is 22.6 Å². The van der Waals surface area contributed by atoms with Crippen LogP contribution in [0.3, 0.4) is 0 Å². The smallest absolute Gasteiger partial charge is 0.128 e. The fourth-order valence-corrected chi connectivity index (χ4v) is 2.83. The lowest BCUT2D eigenvalue weighted by atomic mass is 10.3. The molecule has 3 nitrogen and oxygen atoms in total. The minimum absolute atomic E-state index is 0.220. The van der Waals surface area contributed by atoms with Crippen LogP contribution in [0.15, 0.2) is 42.5 Å². The van der Waals surface area contributed by atoms with E-state index in [9.17, 15) is 4.39 Å². The van der Waals surface area contributed by atoms with E-state index >= 15 is 0 Å². The van der Waals surface area contributed by atoms with Crippen LogP contribution in [0.2, 0.25) is 0 Å². The van der Waals surface area contributed by atoms with Gasteiger partial charge in [0, 0.05) is 16.3 Å². The Bertz CT molecular complexity index is 767. The molecular weight excluding hydrogens is 368 g/mol. The Morgan fingerprint density at radius 1 is 1.25 bits per heavy atom. The first-order valence-electron chi connectivity index (χ1n) is 6.24. The summed E-state index contributed by atoms with van der Waals surface area (Å²) < 4.78 is 16.0. The van der Waals surface area contributed by atoms with Crippen molar-refractivity contribution in [1.82, 2.24) is 9.55 Å². The molecule has 0 unspecified atom stereocenters. The van der Waals surface area contributed by atoms with Gasteiger partial charge < -0.3 is 9.88 Å². The van der Waals surface area contributed by atoms with Crippen LogP contribution in [0.4, 0.5) is 10.1 Å². The first kappa shape index (κ1) is 13.4. The molecule has 0 fully saturated rings. The second kappa shape index (κ2) is 5.40. The van der Waals surface area contributed by atoms with Gasteiger partial charge in [-0.3, -0.25) is 0 Å². The number of rotatable bonds is 3. The average molecular weight is 381 g/mol. The highest BCUT2D eigenvalue weighted by Crippen LogP contribution is 2.20. The summed E-state index contributed by atoms with van der Waals surface area (Å²) in [4.78, 5) is 4.60. The van der Waals surface area contributed by atoms with Gasteiger partial charge in [-0.2, -0.15) is 0 Å². The molecule has 0 aliphatic rings. The lowest BCUT2D eigenvalue weighted by Gasteiger charge is -2.08. The summed E-state index contributed by atoms with van der Waals surface area (Å²) in [6.07, 6.45) is 0. The largest absolute Gasteiger partial charge is 0.377 e. The molecule has 0 saturated heterocycles. The van der Waals surface area contributed by atoms with Gasteiger partial charge in [0.2, 0.25) is 0 Å². The van der Waals surface area contributed by atoms with Gasteiger partial charge >= 0.3 is 0 Å². The number of aryl methyl sites for hydroxylation is 1. The molecule has 0 aliphatic carbocycles. The van der Waals surface area contributed by atoms with Crippen molar-refractivity contribution >= 4 is 39.3 Å². The number of nitrogens with one attached hydrogen (secondary N) is 1. The van der Waals surface area contributed by atoms with E-state index in [1.165, 1.54) is 12.1 Å². The summed E-state index contributed by atoms with van der Waals surface area (Å²) in [5, 5.41) is 3.30. The predicted octanol–water partition coefficient (Wildman–Crippen LogP) is 3.93. The maximum absolute atomic E-state index is 13.1. The number of anilines is 1. The summed E-state index contributed by atoms with van der Waals surface area (Å²) in [6, 6.07) is 12.8. The zero-order chi connectivity index (χ0) is 14.1. The van der Waals surface area contributed by atoms with Crippen LogP contribution < -0.4 is 5.32 Å². The number of benzene rings is 2. The Morgan fingerprint density at radius 2 is 2.05 bits per heavy atom. The van der Waals surface area contributed by atoms with Crippen LogP contribution in [0.1, 0.15) is 5.82 Å². The first-order valence-corrected chi connectivity index (χ1v) is 7.32. The number of hydrogen-bond acceptors (Lipinski definition) is 2. The van der Waals surface area contributed by atoms with E-state index in [1.54, 1.807) is 6.07 Å². The summed E-state index contributed by atoms with van der Waals surface area (Å²) >= 11 is 2.12. The van der Waals surface area contributed by atoms with Crippen LogP contribution in [-0.2, 0) is 13.6 Å². The van der Waals surface area contributed by atoms with Crippen molar-refractivity contribution in [3.05, 3.63) is 57.7 Å². The fourth-order valence-electron chi connectivity index (χ4n) is 2.16. The van der Waals surface area contributed by atoms with Crippen molar-refractivity contribution in [1.29, 1.82) is 0 Å². The topological polar surface area (TPSA) is 29.9 Å². The molecule has 102 valence electrons. The highest BCUT2D eigenvalue weighted by Gasteiger charge is 2.07. The molecule has 3 aromatic rings. The van der Waals surface area contributed by atoms with Gasteiger partial charge in [-0.1, -0.05) is 12.1 Å². The highest BCUT2D eigenvalue weighted by molar-refractivity contribution is 14.1. The van der Waals surface area contributed by atoms with Crippen molar-refractivity contribution in [3.63, 3.8) is 0 Å². The van der Waals surface area contributed by atoms with Crippen LogP contribution in [0, 0.1) is 9.39 Å². The van der Waals surface area contributed by atoms with Gasteiger partial charge in [0.05, 0.1) is 17.6 Å². The molecule has 20 heavy (non-hydrogen) atoms. The lowest BCUT2D eigenvalue weighted by molar-refractivity contribution is 0.627. The maximum atomic E-state index is 13.1. The molecule has 0 bridgehead atoms. The molecule has 0 aliphatic heterocycles. The normalized spacial score (nSPS) is 10.9. The number of imidazole rings is 1. The third kappa shape index (κ3) is 2.49. The van der Waals surface area contributed by atoms with Crippen molar-refractivity contribution < 1.29 is 4.39 Å². The van der Waals surface area contributed by atoms with E-state index < -0.39 is 0 Å². The monoisotopic (exact) mass is 381 g/mol. The molecule has 5 heteroatoms. The van der Waals surface area contributed by atoms with Gasteiger partial charge in [0.25, 0.3) is 0 Å².